The highest BCUT2D eigenvalue weighted by atomic mass is 35.5. The van der Waals surface area contributed by atoms with Crippen LogP contribution in [0.4, 0.5) is 0 Å². The maximum absolute atomic E-state index is 12.9. The van der Waals surface area contributed by atoms with Gasteiger partial charge in [-0.25, -0.2) is 12.7 Å². The summed E-state index contributed by atoms with van der Waals surface area (Å²) >= 11 is 5.99. The molecule has 1 amide bonds. The van der Waals surface area contributed by atoms with Gasteiger partial charge in [0.05, 0.1) is 17.7 Å². The molecular formula is C24H29ClN2O3S. The number of aryl methyl sites for hydroxylation is 2. The molecule has 2 aromatic rings. The number of piperidine rings is 1. The van der Waals surface area contributed by atoms with Crippen molar-refractivity contribution in [3.05, 3.63) is 69.7 Å². The molecule has 1 N–H and O–H groups in total. The van der Waals surface area contributed by atoms with E-state index < -0.39 is 10.0 Å². The van der Waals surface area contributed by atoms with Gasteiger partial charge in [0.15, 0.2) is 0 Å². The van der Waals surface area contributed by atoms with Crippen LogP contribution in [0.2, 0.25) is 5.02 Å². The number of sulfonamides is 1. The van der Waals surface area contributed by atoms with E-state index in [4.69, 9.17) is 11.6 Å². The fourth-order valence-corrected chi connectivity index (χ4v) is 6.42. The predicted molar refractivity (Wildman–Crippen MR) is 123 cm³/mol. The second-order valence-electron chi connectivity index (χ2n) is 8.70. The number of hydrogen-bond donors (Lipinski definition) is 1. The molecule has 1 aliphatic heterocycles. The first-order valence-corrected chi connectivity index (χ1v) is 12.9. The number of nitrogens with one attached hydrogen (secondary N) is 1. The van der Waals surface area contributed by atoms with Crippen LogP contribution >= 0.6 is 11.6 Å². The van der Waals surface area contributed by atoms with E-state index in [-0.39, 0.29) is 30.2 Å². The molecule has 1 heterocycles. The van der Waals surface area contributed by atoms with Gasteiger partial charge in [-0.15, -0.1) is 0 Å². The summed E-state index contributed by atoms with van der Waals surface area (Å²) < 4.78 is 27.3. The van der Waals surface area contributed by atoms with Crippen LogP contribution in [0.25, 0.3) is 0 Å². The van der Waals surface area contributed by atoms with Crippen molar-refractivity contribution in [3.63, 3.8) is 0 Å². The Balaban J connectivity index is 1.39. The highest BCUT2D eigenvalue weighted by Gasteiger charge is 2.33. The van der Waals surface area contributed by atoms with Crippen molar-refractivity contribution < 1.29 is 13.2 Å². The second kappa shape index (κ2) is 9.31. The average Bonchev–Trinajstić information content (AvgIpc) is 3.21. The minimum absolute atomic E-state index is 0.0735. The van der Waals surface area contributed by atoms with Crippen molar-refractivity contribution in [2.75, 3.05) is 13.1 Å². The van der Waals surface area contributed by atoms with E-state index in [1.165, 1.54) is 21.9 Å². The number of benzene rings is 2. The molecule has 0 spiro atoms. The molecule has 5 nitrogen and oxygen atoms in total. The lowest BCUT2D eigenvalue weighted by Crippen LogP contribution is -2.46. The normalized spacial score (nSPS) is 20.3. The van der Waals surface area contributed by atoms with Crippen LogP contribution in [-0.4, -0.2) is 31.7 Å². The standard InChI is InChI=1S/C24H29ClN2O3S/c1-17(20-11-10-19-6-3-7-21(19)14-20)26-24(28)22-8-4-12-27(15-22)31(29,30)16-18-5-2-9-23(25)13-18/h2,5,9-11,13-14,17,22H,3-4,6-8,12,15-16H2,1H3,(H,26,28)/t17-,22+/m1/s1. The first-order chi connectivity index (χ1) is 14.8. The summed E-state index contributed by atoms with van der Waals surface area (Å²) in [4.78, 5) is 12.9. The lowest BCUT2D eigenvalue weighted by Gasteiger charge is -2.32. The van der Waals surface area contributed by atoms with Crippen molar-refractivity contribution in [3.8, 4) is 0 Å². The van der Waals surface area contributed by atoms with E-state index in [1.54, 1.807) is 24.3 Å². The monoisotopic (exact) mass is 460 g/mol. The highest BCUT2D eigenvalue weighted by Crippen LogP contribution is 2.27. The van der Waals surface area contributed by atoms with Crippen LogP contribution < -0.4 is 5.32 Å². The Morgan fingerprint density at radius 2 is 1.97 bits per heavy atom. The van der Waals surface area contributed by atoms with Crippen LogP contribution in [0.3, 0.4) is 0 Å². The van der Waals surface area contributed by atoms with Gasteiger partial charge in [0.1, 0.15) is 0 Å². The Morgan fingerprint density at radius 1 is 1.16 bits per heavy atom. The fraction of sp³-hybridized carbons (Fsp3) is 0.458. The summed E-state index contributed by atoms with van der Waals surface area (Å²) in [7, 11) is -3.51. The first kappa shape index (κ1) is 22.3. The summed E-state index contributed by atoms with van der Waals surface area (Å²) in [6.45, 7) is 2.67. The maximum atomic E-state index is 12.9. The summed E-state index contributed by atoms with van der Waals surface area (Å²) in [5.74, 6) is -0.511. The molecule has 2 atom stereocenters. The quantitative estimate of drug-likeness (QED) is 0.700. The van der Waals surface area contributed by atoms with E-state index in [2.05, 4.69) is 23.5 Å². The minimum atomic E-state index is -3.51. The minimum Gasteiger partial charge on any atom is -0.349 e. The topological polar surface area (TPSA) is 66.5 Å². The van der Waals surface area contributed by atoms with Crippen molar-refractivity contribution >= 4 is 27.5 Å². The number of hydrogen-bond acceptors (Lipinski definition) is 3. The molecular weight excluding hydrogens is 432 g/mol. The van der Waals surface area contributed by atoms with Gasteiger partial charge in [-0.2, -0.15) is 0 Å². The van der Waals surface area contributed by atoms with Crippen molar-refractivity contribution in [1.29, 1.82) is 0 Å². The molecule has 31 heavy (non-hydrogen) atoms. The third-order valence-electron chi connectivity index (χ3n) is 6.37. The summed E-state index contributed by atoms with van der Waals surface area (Å²) in [5.41, 5.74) is 4.56. The molecule has 4 rings (SSSR count). The molecule has 2 aromatic carbocycles. The number of carbonyl (C=O) groups is 1. The SMILES string of the molecule is C[C@@H](NC(=O)[C@H]1CCCN(S(=O)(=O)Cc2cccc(Cl)c2)C1)c1ccc2c(c1)CCC2. The smallest absolute Gasteiger partial charge is 0.224 e. The molecule has 7 heteroatoms. The number of carbonyl (C=O) groups excluding carboxylic acids is 1. The number of nitrogens with zero attached hydrogens (tertiary/aromatic N) is 1. The Kier molecular flexibility index (Phi) is 6.70. The van der Waals surface area contributed by atoms with Crippen LogP contribution in [0, 0.1) is 5.92 Å². The fourth-order valence-electron chi connectivity index (χ4n) is 4.61. The molecule has 0 radical (unpaired) electrons. The Labute approximate surface area is 189 Å². The van der Waals surface area contributed by atoms with Crippen molar-refractivity contribution in [1.82, 2.24) is 9.62 Å². The van der Waals surface area contributed by atoms with Gasteiger partial charge < -0.3 is 5.32 Å². The molecule has 0 saturated carbocycles. The van der Waals surface area contributed by atoms with Gasteiger partial charge in [0, 0.05) is 18.1 Å². The zero-order valence-electron chi connectivity index (χ0n) is 17.8. The van der Waals surface area contributed by atoms with Crippen LogP contribution in [0.15, 0.2) is 42.5 Å². The first-order valence-electron chi connectivity index (χ1n) is 11.0. The lowest BCUT2D eigenvalue weighted by molar-refractivity contribution is -0.126. The number of fused-ring (bicyclic) bond motifs is 1. The van der Waals surface area contributed by atoms with E-state index >= 15 is 0 Å². The van der Waals surface area contributed by atoms with Gasteiger partial charge in [-0.1, -0.05) is 41.9 Å². The van der Waals surface area contributed by atoms with Crippen LogP contribution in [-0.2, 0) is 33.4 Å². The molecule has 0 unspecified atom stereocenters. The lowest BCUT2D eigenvalue weighted by atomic mass is 9.97. The molecule has 1 fully saturated rings. The number of halogens is 1. The van der Waals surface area contributed by atoms with Crippen LogP contribution in [0.5, 0.6) is 0 Å². The second-order valence-corrected chi connectivity index (χ2v) is 11.1. The van der Waals surface area contributed by atoms with Crippen molar-refractivity contribution in [2.24, 2.45) is 5.92 Å². The average molecular weight is 461 g/mol. The molecule has 2 aliphatic rings. The van der Waals surface area contributed by atoms with Gasteiger partial charge in [0.2, 0.25) is 15.9 Å². The molecule has 1 aliphatic carbocycles. The third kappa shape index (κ3) is 5.30. The summed E-state index contributed by atoms with van der Waals surface area (Å²) in [6.07, 6.45) is 4.82. The molecule has 0 bridgehead atoms. The van der Waals surface area contributed by atoms with E-state index in [1.807, 2.05) is 6.92 Å². The van der Waals surface area contributed by atoms with Crippen molar-refractivity contribution in [2.45, 2.75) is 50.8 Å². The maximum Gasteiger partial charge on any atom is 0.224 e. The Bertz CT molecular complexity index is 1070. The van der Waals surface area contributed by atoms with Gasteiger partial charge in [-0.05, 0) is 73.4 Å². The third-order valence-corrected chi connectivity index (χ3v) is 8.42. The largest absolute Gasteiger partial charge is 0.349 e. The predicted octanol–water partition coefficient (Wildman–Crippen LogP) is 4.25. The highest BCUT2D eigenvalue weighted by molar-refractivity contribution is 7.88. The van der Waals surface area contributed by atoms with Crippen LogP contribution in [0.1, 0.15) is 54.5 Å². The van der Waals surface area contributed by atoms with E-state index in [0.29, 0.717) is 30.0 Å². The number of rotatable bonds is 6. The summed E-state index contributed by atoms with van der Waals surface area (Å²) in [6, 6.07) is 13.3. The Hall–Kier alpha value is -1.89. The summed E-state index contributed by atoms with van der Waals surface area (Å²) in [5, 5.41) is 3.63. The molecule has 0 aromatic heterocycles. The van der Waals surface area contributed by atoms with Gasteiger partial charge in [-0.3, -0.25) is 4.79 Å². The molecule has 1 saturated heterocycles. The zero-order chi connectivity index (χ0) is 22.0. The Morgan fingerprint density at radius 3 is 2.77 bits per heavy atom. The number of amides is 1. The van der Waals surface area contributed by atoms with Gasteiger partial charge >= 0.3 is 0 Å². The van der Waals surface area contributed by atoms with E-state index in [0.717, 1.165) is 18.4 Å². The zero-order valence-corrected chi connectivity index (χ0v) is 19.4. The van der Waals surface area contributed by atoms with Gasteiger partial charge in [0.25, 0.3) is 0 Å². The molecule has 166 valence electrons. The van der Waals surface area contributed by atoms with E-state index in [9.17, 15) is 13.2 Å².